The summed E-state index contributed by atoms with van der Waals surface area (Å²) in [5.41, 5.74) is 0.687. The molecule has 27 heavy (non-hydrogen) atoms. The van der Waals surface area contributed by atoms with Gasteiger partial charge >= 0.3 is 5.97 Å². The lowest BCUT2D eigenvalue weighted by molar-refractivity contribution is -0.138. The number of esters is 1. The van der Waals surface area contributed by atoms with E-state index in [1.54, 1.807) is 6.92 Å². The molecule has 2 aromatic carbocycles. The maximum absolute atomic E-state index is 13.3. The lowest BCUT2D eigenvalue weighted by atomic mass is 10.0. The molecular weight excluding hydrogens is 393 g/mol. The molecule has 0 amide bonds. The zero-order chi connectivity index (χ0) is 19.6. The molecule has 1 aliphatic rings. The maximum atomic E-state index is 13.3. The fourth-order valence-electron chi connectivity index (χ4n) is 2.94. The largest absolute Gasteiger partial charge is 0.463 e. The van der Waals surface area contributed by atoms with Crippen LogP contribution in [0, 0.1) is 5.82 Å². The van der Waals surface area contributed by atoms with Gasteiger partial charge in [0.15, 0.2) is 0 Å². The summed E-state index contributed by atoms with van der Waals surface area (Å²) in [6.07, 6.45) is 1.53. The Labute approximate surface area is 162 Å². The summed E-state index contributed by atoms with van der Waals surface area (Å²) in [7, 11) is -3.92. The van der Waals surface area contributed by atoms with Crippen LogP contribution in [-0.4, -0.2) is 31.8 Å². The van der Waals surface area contributed by atoms with E-state index in [0.717, 1.165) is 0 Å². The Bertz CT molecular complexity index is 972. The number of hydrogen-bond acceptors (Lipinski definition) is 4. The van der Waals surface area contributed by atoms with Gasteiger partial charge in [0, 0.05) is 11.6 Å². The molecule has 3 rings (SSSR count). The highest BCUT2D eigenvalue weighted by molar-refractivity contribution is 7.89. The monoisotopic (exact) mass is 409 g/mol. The average molecular weight is 410 g/mol. The van der Waals surface area contributed by atoms with Crippen molar-refractivity contribution in [1.29, 1.82) is 0 Å². The van der Waals surface area contributed by atoms with Crippen molar-refractivity contribution in [3.05, 3.63) is 76.6 Å². The van der Waals surface area contributed by atoms with Gasteiger partial charge < -0.3 is 4.74 Å². The number of rotatable bonds is 5. The Morgan fingerprint density at radius 2 is 1.81 bits per heavy atom. The average Bonchev–Trinajstić information content (AvgIpc) is 3.09. The zero-order valence-electron chi connectivity index (χ0n) is 14.4. The van der Waals surface area contributed by atoms with Crippen LogP contribution in [0.2, 0.25) is 5.02 Å². The Hall–Kier alpha value is -2.22. The quantitative estimate of drug-likeness (QED) is 0.706. The van der Waals surface area contributed by atoms with Crippen molar-refractivity contribution in [1.82, 2.24) is 4.31 Å². The van der Waals surface area contributed by atoms with Gasteiger partial charge in [-0.3, -0.25) is 0 Å². The minimum absolute atomic E-state index is 0.00114. The van der Waals surface area contributed by atoms with Crippen LogP contribution in [0.3, 0.4) is 0 Å². The van der Waals surface area contributed by atoms with Crippen LogP contribution in [0.1, 0.15) is 18.5 Å². The van der Waals surface area contributed by atoms with Crippen LogP contribution in [0.25, 0.3) is 0 Å². The first kappa shape index (κ1) is 19.5. The van der Waals surface area contributed by atoms with Crippen molar-refractivity contribution in [3.63, 3.8) is 0 Å². The topological polar surface area (TPSA) is 63.7 Å². The fourth-order valence-corrected chi connectivity index (χ4v) is 4.60. The lowest BCUT2D eigenvalue weighted by Gasteiger charge is -2.26. The van der Waals surface area contributed by atoms with Gasteiger partial charge in [-0.05, 0) is 48.9 Å². The van der Waals surface area contributed by atoms with Gasteiger partial charge in [0.1, 0.15) is 5.82 Å². The molecule has 8 heteroatoms. The van der Waals surface area contributed by atoms with Crippen molar-refractivity contribution in [2.75, 3.05) is 13.2 Å². The molecule has 2 aromatic rings. The first-order chi connectivity index (χ1) is 12.8. The van der Waals surface area contributed by atoms with Gasteiger partial charge in [-0.25, -0.2) is 17.6 Å². The Balaban J connectivity index is 2.05. The summed E-state index contributed by atoms with van der Waals surface area (Å²) in [4.78, 5) is 12.4. The molecular formula is C19H17ClFNO4S. The predicted octanol–water partition coefficient (Wildman–Crippen LogP) is 3.71. The van der Waals surface area contributed by atoms with Crippen molar-refractivity contribution < 1.29 is 22.3 Å². The Kier molecular flexibility index (Phi) is 5.64. The van der Waals surface area contributed by atoms with Crippen LogP contribution >= 0.6 is 11.6 Å². The minimum Gasteiger partial charge on any atom is -0.463 e. The molecule has 0 fully saturated rings. The second kappa shape index (κ2) is 7.80. The molecule has 1 aliphatic heterocycles. The number of carbonyl (C=O) groups excluding carboxylic acids is 1. The third-order valence-corrected chi connectivity index (χ3v) is 6.29. The molecule has 5 nitrogen and oxygen atoms in total. The number of carbonyl (C=O) groups is 1. The number of nitrogens with zero attached hydrogens (tertiary/aromatic N) is 1. The van der Waals surface area contributed by atoms with E-state index in [1.807, 2.05) is 0 Å². The molecule has 0 N–H and O–H groups in total. The van der Waals surface area contributed by atoms with Crippen LogP contribution < -0.4 is 0 Å². The second-order valence-electron chi connectivity index (χ2n) is 5.86. The SMILES string of the molecule is CCOC(=O)C1=CCN(S(=O)(=O)c2ccc(Cl)cc2)C1c1ccc(F)cc1. The van der Waals surface area contributed by atoms with E-state index >= 15 is 0 Å². The molecule has 0 aromatic heterocycles. The van der Waals surface area contributed by atoms with Crippen LogP contribution in [0.15, 0.2) is 65.1 Å². The Morgan fingerprint density at radius 1 is 1.19 bits per heavy atom. The Morgan fingerprint density at radius 3 is 2.41 bits per heavy atom. The van der Waals surface area contributed by atoms with Gasteiger partial charge in [-0.2, -0.15) is 4.31 Å². The van der Waals surface area contributed by atoms with E-state index in [4.69, 9.17) is 16.3 Å². The van der Waals surface area contributed by atoms with Gasteiger partial charge in [0.25, 0.3) is 0 Å². The van der Waals surface area contributed by atoms with E-state index in [0.29, 0.717) is 10.6 Å². The van der Waals surface area contributed by atoms with Gasteiger partial charge in [0.05, 0.1) is 23.1 Å². The van der Waals surface area contributed by atoms with E-state index < -0.39 is 27.9 Å². The summed E-state index contributed by atoms with van der Waals surface area (Å²) < 4.78 is 45.9. The van der Waals surface area contributed by atoms with Gasteiger partial charge in [0.2, 0.25) is 10.0 Å². The van der Waals surface area contributed by atoms with Crippen molar-refractivity contribution in [3.8, 4) is 0 Å². The fraction of sp³-hybridized carbons (Fsp3) is 0.211. The van der Waals surface area contributed by atoms with Crippen LogP contribution in [0.4, 0.5) is 4.39 Å². The molecule has 0 spiro atoms. The molecule has 1 unspecified atom stereocenters. The van der Waals surface area contributed by atoms with E-state index in [1.165, 1.54) is 58.9 Å². The van der Waals surface area contributed by atoms with E-state index in [2.05, 4.69) is 0 Å². The maximum Gasteiger partial charge on any atom is 0.335 e. The standard InChI is InChI=1S/C19H17ClFNO4S/c1-2-26-19(23)17-11-12-22(18(17)13-3-7-15(21)8-4-13)27(24,25)16-9-5-14(20)6-10-16/h3-11,18H,2,12H2,1H3. The molecule has 1 atom stereocenters. The molecule has 0 bridgehead atoms. The summed E-state index contributed by atoms with van der Waals surface area (Å²) >= 11 is 5.84. The predicted molar refractivity (Wildman–Crippen MR) is 99.2 cm³/mol. The number of halogens is 2. The summed E-state index contributed by atoms with van der Waals surface area (Å²) in [5.74, 6) is -1.05. The third-order valence-electron chi connectivity index (χ3n) is 4.19. The molecule has 142 valence electrons. The summed E-state index contributed by atoms with van der Waals surface area (Å²) in [5, 5.41) is 0.413. The number of sulfonamides is 1. The highest BCUT2D eigenvalue weighted by atomic mass is 35.5. The third kappa shape index (κ3) is 3.90. The molecule has 0 saturated heterocycles. The summed E-state index contributed by atoms with van der Waals surface area (Å²) in [6, 6.07) is 10.3. The molecule has 1 heterocycles. The van der Waals surface area contributed by atoms with Crippen molar-refractivity contribution in [2.24, 2.45) is 0 Å². The summed E-state index contributed by atoms with van der Waals surface area (Å²) in [6.45, 7) is 1.83. The van der Waals surface area contributed by atoms with Gasteiger partial charge in [-0.1, -0.05) is 29.8 Å². The van der Waals surface area contributed by atoms with Crippen LogP contribution in [-0.2, 0) is 19.6 Å². The molecule has 0 aliphatic carbocycles. The normalized spacial score (nSPS) is 17.6. The van der Waals surface area contributed by atoms with Gasteiger partial charge in [-0.15, -0.1) is 0 Å². The van der Waals surface area contributed by atoms with E-state index in [9.17, 15) is 17.6 Å². The minimum atomic E-state index is -3.92. The number of benzene rings is 2. The molecule has 0 saturated carbocycles. The lowest BCUT2D eigenvalue weighted by Crippen LogP contribution is -2.33. The first-order valence-corrected chi connectivity index (χ1v) is 10.1. The highest BCUT2D eigenvalue weighted by Gasteiger charge is 2.41. The smallest absolute Gasteiger partial charge is 0.335 e. The number of ether oxygens (including phenoxy) is 1. The van der Waals surface area contributed by atoms with Crippen molar-refractivity contribution in [2.45, 2.75) is 17.9 Å². The zero-order valence-corrected chi connectivity index (χ0v) is 16.0. The molecule has 0 radical (unpaired) electrons. The van der Waals surface area contributed by atoms with Crippen LogP contribution in [0.5, 0.6) is 0 Å². The second-order valence-corrected chi connectivity index (χ2v) is 8.19. The first-order valence-electron chi connectivity index (χ1n) is 8.24. The highest BCUT2D eigenvalue weighted by Crippen LogP contribution is 2.38. The number of hydrogen-bond donors (Lipinski definition) is 0. The van der Waals surface area contributed by atoms with E-state index in [-0.39, 0.29) is 23.6 Å². The van der Waals surface area contributed by atoms with Crippen molar-refractivity contribution >= 4 is 27.6 Å².